The summed E-state index contributed by atoms with van der Waals surface area (Å²) in [4.78, 5) is 16.6. The van der Waals surface area contributed by atoms with Crippen molar-refractivity contribution in [1.29, 1.82) is 5.26 Å². The van der Waals surface area contributed by atoms with E-state index < -0.39 is 12.1 Å². The van der Waals surface area contributed by atoms with Crippen LogP contribution in [0.25, 0.3) is 17.0 Å². The summed E-state index contributed by atoms with van der Waals surface area (Å²) in [5.41, 5.74) is 2.80. The molecule has 3 aromatic rings. The quantitative estimate of drug-likeness (QED) is 0.704. The number of hydrogen-bond acceptors (Lipinski definition) is 4. The average molecular weight is 385 g/mol. The van der Waals surface area contributed by atoms with Crippen LogP contribution in [0.1, 0.15) is 32.9 Å². The molecule has 0 radical (unpaired) electrons. The molecule has 0 aliphatic heterocycles. The molecule has 0 aliphatic carbocycles. The lowest BCUT2D eigenvalue weighted by Crippen LogP contribution is -2.16. The fraction of sp³-hybridized carbons (Fsp3) is 0.158. The fourth-order valence-corrected chi connectivity index (χ4v) is 2.65. The van der Waals surface area contributed by atoms with Gasteiger partial charge in [-0.2, -0.15) is 23.5 Å². The minimum atomic E-state index is -4.44. The molecule has 0 atom stereocenters. The molecule has 2 N–H and O–H groups in total. The van der Waals surface area contributed by atoms with Crippen molar-refractivity contribution in [2.45, 2.75) is 20.0 Å². The number of H-pyrrole nitrogens is 1. The Bertz CT molecular complexity index is 1140. The number of aromatic amines is 1. The van der Waals surface area contributed by atoms with Gasteiger partial charge in [0.25, 0.3) is 5.91 Å². The highest BCUT2D eigenvalue weighted by Crippen LogP contribution is 2.25. The van der Waals surface area contributed by atoms with Crippen LogP contribution in [0.4, 0.5) is 18.9 Å². The number of nitrogens with one attached hydrogen (secondary N) is 2. The van der Waals surface area contributed by atoms with Gasteiger partial charge < -0.3 is 5.32 Å². The number of benzene rings is 1. The van der Waals surface area contributed by atoms with E-state index in [1.165, 1.54) is 12.3 Å². The number of rotatable bonds is 3. The standard InChI is InChI=1S/C19H14F3N5O/c1-10-11(2)17(24-9-12(10)8-23)18(28)25-13-3-4-15-14(7-13)16(27-26-15)5-6-19(20,21)22/h3-7,9H,1-2H3,(H,25,28)(H,26,27)/b6-5-. The Morgan fingerprint density at radius 2 is 2.04 bits per heavy atom. The number of halogens is 3. The summed E-state index contributed by atoms with van der Waals surface area (Å²) in [6.45, 7) is 3.42. The van der Waals surface area contributed by atoms with Crippen molar-refractivity contribution in [1.82, 2.24) is 15.2 Å². The summed E-state index contributed by atoms with van der Waals surface area (Å²) in [7, 11) is 0. The summed E-state index contributed by atoms with van der Waals surface area (Å²) >= 11 is 0. The molecule has 0 aliphatic rings. The topological polar surface area (TPSA) is 94.5 Å². The molecule has 6 nitrogen and oxygen atoms in total. The zero-order valence-electron chi connectivity index (χ0n) is 14.8. The van der Waals surface area contributed by atoms with E-state index in [-0.39, 0.29) is 17.5 Å². The zero-order chi connectivity index (χ0) is 20.5. The van der Waals surface area contributed by atoms with E-state index in [1.54, 1.807) is 26.0 Å². The molecule has 0 spiro atoms. The molecule has 0 fully saturated rings. The second kappa shape index (κ2) is 7.15. The third-order valence-corrected chi connectivity index (χ3v) is 4.26. The molecule has 0 saturated carbocycles. The van der Waals surface area contributed by atoms with Crippen LogP contribution in [0.2, 0.25) is 0 Å². The molecule has 1 amide bonds. The lowest BCUT2D eigenvalue weighted by molar-refractivity contribution is -0.0790. The van der Waals surface area contributed by atoms with Crippen molar-refractivity contribution in [2.24, 2.45) is 0 Å². The van der Waals surface area contributed by atoms with E-state index in [0.717, 1.165) is 6.08 Å². The van der Waals surface area contributed by atoms with Gasteiger partial charge in [0.05, 0.1) is 16.8 Å². The number of allylic oxidation sites excluding steroid dienone is 1. The molecule has 0 saturated heterocycles. The lowest BCUT2D eigenvalue weighted by Gasteiger charge is -2.10. The van der Waals surface area contributed by atoms with Gasteiger partial charge in [-0.05, 0) is 49.2 Å². The number of fused-ring (bicyclic) bond motifs is 1. The smallest absolute Gasteiger partial charge is 0.321 e. The maximum Gasteiger partial charge on any atom is 0.409 e. The molecule has 0 bridgehead atoms. The number of pyridine rings is 1. The molecule has 28 heavy (non-hydrogen) atoms. The number of alkyl halides is 3. The fourth-order valence-electron chi connectivity index (χ4n) is 2.65. The molecule has 0 unspecified atom stereocenters. The first-order valence-electron chi connectivity index (χ1n) is 8.11. The van der Waals surface area contributed by atoms with Gasteiger partial charge in [0, 0.05) is 23.3 Å². The lowest BCUT2D eigenvalue weighted by atomic mass is 10.0. The Morgan fingerprint density at radius 3 is 2.71 bits per heavy atom. The predicted octanol–water partition coefficient (Wildman–Crippen LogP) is 4.27. The summed E-state index contributed by atoms with van der Waals surface area (Å²) in [5, 5.41) is 18.6. The number of nitrogens with zero attached hydrogens (tertiary/aromatic N) is 3. The normalized spacial score (nSPS) is 11.7. The van der Waals surface area contributed by atoms with Crippen LogP contribution in [0.3, 0.4) is 0 Å². The molecule has 1 aromatic carbocycles. The number of nitriles is 1. The summed E-state index contributed by atoms with van der Waals surface area (Å²) in [6.07, 6.45) is -2.12. The SMILES string of the molecule is Cc1c(C#N)cnc(C(=O)Nc2ccc3n[nH]c(/C=C\C(F)(F)F)c3c2)c1C. The average Bonchev–Trinajstić information content (AvgIpc) is 3.04. The van der Waals surface area contributed by atoms with E-state index in [0.29, 0.717) is 33.3 Å². The maximum absolute atomic E-state index is 12.6. The van der Waals surface area contributed by atoms with Crippen LogP contribution < -0.4 is 5.32 Å². The van der Waals surface area contributed by atoms with Gasteiger partial charge in [0.1, 0.15) is 11.8 Å². The van der Waals surface area contributed by atoms with Crippen molar-refractivity contribution in [3.63, 3.8) is 0 Å². The van der Waals surface area contributed by atoms with Crippen LogP contribution in [0.15, 0.2) is 30.5 Å². The predicted molar refractivity (Wildman–Crippen MR) is 97.6 cm³/mol. The van der Waals surface area contributed by atoms with Crippen molar-refractivity contribution in [3.8, 4) is 6.07 Å². The first-order chi connectivity index (χ1) is 13.2. The van der Waals surface area contributed by atoms with Crippen LogP contribution in [0, 0.1) is 25.2 Å². The van der Waals surface area contributed by atoms with E-state index in [4.69, 9.17) is 5.26 Å². The van der Waals surface area contributed by atoms with Crippen molar-refractivity contribution in [3.05, 3.63) is 58.6 Å². The second-order valence-corrected chi connectivity index (χ2v) is 6.08. The highest BCUT2D eigenvalue weighted by molar-refractivity contribution is 6.05. The van der Waals surface area contributed by atoms with Gasteiger partial charge in [-0.3, -0.25) is 9.89 Å². The van der Waals surface area contributed by atoms with Gasteiger partial charge in [-0.1, -0.05) is 0 Å². The molecule has 2 heterocycles. The van der Waals surface area contributed by atoms with Gasteiger partial charge in [-0.15, -0.1) is 0 Å². The highest BCUT2D eigenvalue weighted by Gasteiger charge is 2.22. The van der Waals surface area contributed by atoms with Crippen molar-refractivity contribution in [2.75, 3.05) is 5.32 Å². The monoisotopic (exact) mass is 385 g/mol. The number of carbonyl (C=O) groups excluding carboxylic acids is 1. The minimum Gasteiger partial charge on any atom is -0.321 e. The van der Waals surface area contributed by atoms with E-state index in [1.807, 2.05) is 6.07 Å². The largest absolute Gasteiger partial charge is 0.409 e. The van der Waals surface area contributed by atoms with Gasteiger partial charge in [0.2, 0.25) is 0 Å². The number of anilines is 1. The summed E-state index contributed by atoms with van der Waals surface area (Å²) < 4.78 is 37.2. The Hall–Kier alpha value is -3.67. The Balaban J connectivity index is 1.91. The van der Waals surface area contributed by atoms with Gasteiger partial charge in [0.15, 0.2) is 0 Å². The summed E-state index contributed by atoms with van der Waals surface area (Å²) in [5.74, 6) is -0.486. The third-order valence-electron chi connectivity index (χ3n) is 4.26. The number of carbonyl (C=O) groups is 1. The van der Waals surface area contributed by atoms with E-state index in [2.05, 4.69) is 20.5 Å². The van der Waals surface area contributed by atoms with Gasteiger partial charge in [-0.25, -0.2) is 4.98 Å². The van der Waals surface area contributed by atoms with Gasteiger partial charge >= 0.3 is 6.18 Å². The summed E-state index contributed by atoms with van der Waals surface area (Å²) in [6, 6.07) is 6.70. The Labute approximate surface area is 157 Å². The van der Waals surface area contributed by atoms with Crippen LogP contribution in [0.5, 0.6) is 0 Å². The van der Waals surface area contributed by atoms with E-state index >= 15 is 0 Å². The molecular formula is C19H14F3N5O. The molecule has 2 aromatic heterocycles. The number of hydrogen-bond donors (Lipinski definition) is 2. The zero-order valence-corrected chi connectivity index (χ0v) is 14.8. The number of aromatic nitrogens is 3. The minimum absolute atomic E-state index is 0.109. The maximum atomic E-state index is 12.6. The second-order valence-electron chi connectivity index (χ2n) is 6.08. The van der Waals surface area contributed by atoms with Crippen LogP contribution >= 0.6 is 0 Å². The van der Waals surface area contributed by atoms with Crippen LogP contribution in [-0.2, 0) is 0 Å². The van der Waals surface area contributed by atoms with Crippen LogP contribution in [-0.4, -0.2) is 27.3 Å². The Morgan fingerprint density at radius 1 is 1.29 bits per heavy atom. The first-order valence-corrected chi connectivity index (χ1v) is 8.11. The highest BCUT2D eigenvalue weighted by atomic mass is 19.4. The molecular weight excluding hydrogens is 371 g/mol. The van der Waals surface area contributed by atoms with E-state index in [9.17, 15) is 18.0 Å². The molecule has 9 heteroatoms. The van der Waals surface area contributed by atoms with Crippen molar-refractivity contribution < 1.29 is 18.0 Å². The third kappa shape index (κ3) is 3.86. The van der Waals surface area contributed by atoms with Crippen molar-refractivity contribution >= 4 is 28.6 Å². The Kier molecular flexibility index (Phi) is 4.88. The number of amides is 1. The first kappa shape index (κ1) is 19.1. The molecule has 142 valence electrons. The molecule has 3 rings (SSSR count).